The van der Waals surface area contributed by atoms with Crippen LogP contribution in [0.3, 0.4) is 0 Å². The summed E-state index contributed by atoms with van der Waals surface area (Å²) in [6.07, 6.45) is 2.80. The number of carbonyl (C=O) groups excluding carboxylic acids is 1. The van der Waals surface area contributed by atoms with Crippen molar-refractivity contribution < 1.29 is 19.4 Å². The van der Waals surface area contributed by atoms with Gasteiger partial charge in [0.2, 0.25) is 0 Å². The second-order valence-corrected chi connectivity index (χ2v) is 3.39. The van der Waals surface area contributed by atoms with E-state index in [4.69, 9.17) is 9.84 Å². The van der Waals surface area contributed by atoms with Gasteiger partial charge in [0.15, 0.2) is 0 Å². The van der Waals surface area contributed by atoms with Gasteiger partial charge in [0, 0.05) is 6.08 Å². The Labute approximate surface area is 99.5 Å². The highest BCUT2D eigenvalue weighted by molar-refractivity contribution is 5.85. The molecule has 0 radical (unpaired) electrons. The molecular formula is C13H14O4. The van der Waals surface area contributed by atoms with Gasteiger partial charge in [-0.3, -0.25) is 4.79 Å². The zero-order valence-corrected chi connectivity index (χ0v) is 9.55. The maximum absolute atomic E-state index is 11.2. The Morgan fingerprint density at radius 3 is 2.47 bits per heavy atom. The summed E-state index contributed by atoms with van der Waals surface area (Å²) in [4.78, 5) is 21.5. The number of benzene rings is 1. The van der Waals surface area contributed by atoms with Crippen LogP contribution in [-0.4, -0.2) is 23.7 Å². The fourth-order valence-corrected chi connectivity index (χ4v) is 1.29. The van der Waals surface area contributed by atoms with Gasteiger partial charge in [-0.15, -0.1) is 0 Å². The molecule has 0 amide bonds. The molecule has 4 heteroatoms. The summed E-state index contributed by atoms with van der Waals surface area (Å²) in [7, 11) is 0. The van der Waals surface area contributed by atoms with Crippen molar-refractivity contribution in [1.29, 1.82) is 0 Å². The molecule has 1 N–H and O–H groups in total. The summed E-state index contributed by atoms with van der Waals surface area (Å²) in [6.45, 7) is 2.13. The summed E-state index contributed by atoms with van der Waals surface area (Å²) < 4.78 is 4.82. The number of aliphatic carboxylic acids is 1. The molecule has 1 rings (SSSR count). The fraction of sp³-hybridized carbons (Fsp3) is 0.231. The van der Waals surface area contributed by atoms with Crippen LogP contribution in [0.1, 0.15) is 18.1 Å². The highest BCUT2D eigenvalue weighted by atomic mass is 16.5. The predicted octanol–water partition coefficient (Wildman–Crippen LogP) is 1.89. The third kappa shape index (κ3) is 4.97. The van der Waals surface area contributed by atoms with E-state index in [1.165, 1.54) is 6.08 Å². The van der Waals surface area contributed by atoms with Gasteiger partial charge in [-0.05, 0) is 24.1 Å². The first-order valence-corrected chi connectivity index (χ1v) is 5.27. The molecule has 0 saturated carbocycles. The Balaban J connectivity index is 2.62. The summed E-state index contributed by atoms with van der Waals surface area (Å²) in [5.74, 6) is -1.25. The zero-order valence-electron chi connectivity index (χ0n) is 9.55. The fourth-order valence-electron chi connectivity index (χ4n) is 1.29. The summed E-state index contributed by atoms with van der Waals surface area (Å²) >= 11 is 0. The van der Waals surface area contributed by atoms with Crippen LogP contribution in [0.4, 0.5) is 0 Å². The van der Waals surface area contributed by atoms with Gasteiger partial charge in [-0.25, -0.2) is 4.79 Å². The third-order valence-corrected chi connectivity index (χ3v) is 2.05. The Bertz CT molecular complexity index is 418. The van der Waals surface area contributed by atoms with E-state index < -0.39 is 5.97 Å². The van der Waals surface area contributed by atoms with Crippen LogP contribution in [-0.2, 0) is 20.7 Å². The van der Waals surface area contributed by atoms with Crippen molar-refractivity contribution in [2.24, 2.45) is 0 Å². The number of ether oxygens (including phenoxy) is 1. The summed E-state index contributed by atoms with van der Waals surface area (Å²) in [5, 5.41) is 8.46. The van der Waals surface area contributed by atoms with Crippen molar-refractivity contribution in [2.45, 2.75) is 13.3 Å². The van der Waals surface area contributed by atoms with E-state index in [2.05, 4.69) is 0 Å². The van der Waals surface area contributed by atoms with Crippen LogP contribution in [0.2, 0.25) is 0 Å². The van der Waals surface area contributed by atoms with Crippen molar-refractivity contribution in [1.82, 2.24) is 0 Å². The lowest BCUT2D eigenvalue weighted by atomic mass is 10.1. The van der Waals surface area contributed by atoms with Crippen LogP contribution in [0.15, 0.2) is 30.3 Å². The number of hydrogen-bond acceptors (Lipinski definition) is 3. The van der Waals surface area contributed by atoms with E-state index in [9.17, 15) is 9.59 Å². The molecule has 4 nitrogen and oxygen atoms in total. The molecule has 1 aromatic rings. The van der Waals surface area contributed by atoms with Gasteiger partial charge in [0.25, 0.3) is 0 Å². The van der Waals surface area contributed by atoms with Crippen LogP contribution >= 0.6 is 0 Å². The maximum atomic E-state index is 11.2. The lowest BCUT2D eigenvalue weighted by Crippen LogP contribution is -2.07. The molecule has 0 aliphatic heterocycles. The molecular weight excluding hydrogens is 220 g/mol. The van der Waals surface area contributed by atoms with Crippen molar-refractivity contribution in [2.75, 3.05) is 6.61 Å². The molecule has 0 heterocycles. The van der Waals surface area contributed by atoms with E-state index in [-0.39, 0.29) is 12.4 Å². The van der Waals surface area contributed by atoms with Gasteiger partial charge in [0.05, 0.1) is 13.0 Å². The first-order valence-electron chi connectivity index (χ1n) is 5.27. The quantitative estimate of drug-likeness (QED) is 0.624. The molecule has 0 spiro atoms. The number of carbonyl (C=O) groups is 2. The van der Waals surface area contributed by atoms with Crippen molar-refractivity contribution in [3.05, 3.63) is 41.5 Å². The Hall–Kier alpha value is -2.10. The molecule has 0 fully saturated rings. The molecule has 90 valence electrons. The van der Waals surface area contributed by atoms with Gasteiger partial charge >= 0.3 is 11.9 Å². The molecule has 0 bridgehead atoms. The normalized spacial score (nSPS) is 10.4. The molecule has 0 atom stereocenters. The lowest BCUT2D eigenvalue weighted by molar-refractivity contribution is -0.142. The zero-order chi connectivity index (χ0) is 12.7. The Morgan fingerprint density at radius 1 is 1.29 bits per heavy atom. The Morgan fingerprint density at radius 2 is 1.94 bits per heavy atom. The number of carboxylic acid groups (broad SMARTS) is 1. The minimum Gasteiger partial charge on any atom is -0.478 e. The topological polar surface area (TPSA) is 63.6 Å². The SMILES string of the molecule is CCOC(=O)Cc1ccc(C=CC(=O)O)cc1. The molecule has 0 aliphatic rings. The highest BCUT2D eigenvalue weighted by Crippen LogP contribution is 2.07. The summed E-state index contributed by atoms with van der Waals surface area (Å²) in [6, 6.07) is 7.07. The second kappa shape index (κ2) is 6.48. The van der Waals surface area contributed by atoms with E-state index in [0.717, 1.165) is 17.2 Å². The molecule has 17 heavy (non-hydrogen) atoms. The van der Waals surface area contributed by atoms with Crippen molar-refractivity contribution in [3.8, 4) is 0 Å². The number of rotatable bonds is 5. The smallest absolute Gasteiger partial charge is 0.328 e. The molecule has 1 aromatic carbocycles. The van der Waals surface area contributed by atoms with Gasteiger partial charge in [-0.1, -0.05) is 24.3 Å². The highest BCUT2D eigenvalue weighted by Gasteiger charge is 2.02. The monoisotopic (exact) mass is 234 g/mol. The van der Waals surface area contributed by atoms with Crippen LogP contribution in [0, 0.1) is 0 Å². The third-order valence-electron chi connectivity index (χ3n) is 2.05. The Kier molecular flexibility index (Phi) is 4.94. The van der Waals surface area contributed by atoms with E-state index in [0.29, 0.717) is 6.61 Å². The first-order chi connectivity index (χ1) is 8.11. The van der Waals surface area contributed by atoms with E-state index >= 15 is 0 Å². The van der Waals surface area contributed by atoms with E-state index in [1.54, 1.807) is 31.2 Å². The molecule has 0 saturated heterocycles. The lowest BCUT2D eigenvalue weighted by Gasteiger charge is -2.02. The maximum Gasteiger partial charge on any atom is 0.328 e. The minimum absolute atomic E-state index is 0.233. The predicted molar refractivity (Wildman–Crippen MR) is 63.4 cm³/mol. The first kappa shape index (κ1) is 13.0. The largest absolute Gasteiger partial charge is 0.478 e. The van der Waals surface area contributed by atoms with Gasteiger partial charge < -0.3 is 9.84 Å². The molecule has 0 aliphatic carbocycles. The van der Waals surface area contributed by atoms with E-state index in [1.807, 2.05) is 0 Å². The number of esters is 1. The molecule has 0 unspecified atom stereocenters. The van der Waals surface area contributed by atoms with Crippen LogP contribution in [0.5, 0.6) is 0 Å². The number of hydrogen-bond donors (Lipinski definition) is 1. The summed E-state index contributed by atoms with van der Waals surface area (Å²) in [5.41, 5.74) is 1.62. The van der Waals surface area contributed by atoms with Crippen LogP contribution in [0.25, 0.3) is 6.08 Å². The molecule has 0 aromatic heterocycles. The minimum atomic E-state index is -0.986. The van der Waals surface area contributed by atoms with Gasteiger partial charge in [0.1, 0.15) is 0 Å². The standard InChI is InChI=1S/C13H14O4/c1-2-17-13(16)9-11-5-3-10(4-6-11)7-8-12(14)15/h3-8H,2,9H2,1H3,(H,14,15). The van der Waals surface area contributed by atoms with Crippen LogP contribution < -0.4 is 0 Å². The average Bonchev–Trinajstić information content (AvgIpc) is 2.28. The van der Waals surface area contributed by atoms with Crippen molar-refractivity contribution >= 4 is 18.0 Å². The number of carboxylic acids is 1. The average molecular weight is 234 g/mol. The van der Waals surface area contributed by atoms with Gasteiger partial charge in [-0.2, -0.15) is 0 Å². The van der Waals surface area contributed by atoms with Crippen molar-refractivity contribution in [3.63, 3.8) is 0 Å². The second-order valence-electron chi connectivity index (χ2n) is 3.39.